The van der Waals surface area contributed by atoms with Crippen LogP contribution < -0.4 is 10.6 Å². The maximum atomic E-state index is 6.10. The summed E-state index contributed by atoms with van der Waals surface area (Å²) in [6.07, 6.45) is 7.30. The van der Waals surface area contributed by atoms with E-state index in [9.17, 15) is 0 Å². The molecular weight excluding hydrogens is 304 g/mol. The van der Waals surface area contributed by atoms with Gasteiger partial charge < -0.3 is 15.2 Å². The maximum absolute atomic E-state index is 6.10. The second-order valence-corrected chi connectivity index (χ2v) is 5.89. The van der Waals surface area contributed by atoms with Crippen LogP contribution in [-0.2, 0) is 0 Å². The normalized spacial score (nSPS) is 17.9. The van der Waals surface area contributed by atoms with E-state index in [0.29, 0.717) is 11.7 Å². The molecule has 1 unspecified atom stereocenters. The zero-order valence-corrected chi connectivity index (χ0v) is 13.2. The minimum Gasteiger partial charge on any atom is -0.354 e. The maximum Gasteiger partial charge on any atom is 0.262 e. The molecule has 0 aromatic carbocycles. The lowest BCUT2D eigenvalue weighted by atomic mass is 10.1. The van der Waals surface area contributed by atoms with Crippen LogP contribution in [0.1, 0.15) is 12.8 Å². The lowest BCUT2D eigenvalue weighted by Crippen LogP contribution is -2.43. The molecule has 0 spiro atoms. The van der Waals surface area contributed by atoms with Crippen molar-refractivity contribution in [2.24, 2.45) is 5.73 Å². The van der Waals surface area contributed by atoms with Crippen molar-refractivity contribution in [1.29, 1.82) is 0 Å². The summed E-state index contributed by atoms with van der Waals surface area (Å²) in [7, 11) is 0. The molecule has 1 saturated heterocycles. The van der Waals surface area contributed by atoms with Gasteiger partial charge in [0.25, 0.3) is 5.89 Å². The zero-order chi connectivity index (χ0) is 16.4. The van der Waals surface area contributed by atoms with Gasteiger partial charge in [0.2, 0.25) is 5.82 Å². The molecule has 122 valence electrons. The Morgan fingerprint density at radius 1 is 1.21 bits per heavy atom. The summed E-state index contributed by atoms with van der Waals surface area (Å²) >= 11 is 0. The Bertz CT molecular complexity index is 819. The minimum absolute atomic E-state index is 0.169. The molecule has 1 atom stereocenters. The van der Waals surface area contributed by atoms with E-state index in [0.717, 1.165) is 42.9 Å². The van der Waals surface area contributed by atoms with E-state index in [2.05, 4.69) is 25.0 Å². The summed E-state index contributed by atoms with van der Waals surface area (Å²) in [6, 6.07) is 7.73. The highest BCUT2D eigenvalue weighted by Gasteiger charge is 2.23. The Morgan fingerprint density at radius 3 is 2.96 bits per heavy atom. The summed E-state index contributed by atoms with van der Waals surface area (Å²) in [5.41, 5.74) is 7.75. The first-order valence-electron chi connectivity index (χ1n) is 8.01. The van der Waals surface area contributed by atoms with Crippen molar-refractivity contribution in [3.8, 4) is 22.8 Å². The predicted octanol–water partition coefficient (Wildman–Crippen LogP) is 2.12. The second kappa shape index (κ2) is 6.37. The third-order valence-corrected chi connectivity index (χ3v) is 4.12. The monoisotopic (exact) mass is 322 g/mol. The smallest absolute Gasteiger partial charge is 0.262 e. The molecule has 0 saturated carbocycles. The fourth-order valence-electron chi connectivity index (χ4n) is 2.96. The number of aromatic nitrogens is 4. The van der Waals surface area contributed by atoms with Gasteiger partial charge in [0, 0.05) is 43.3 Å². The first-order chi connectivity index (χ1) is 11.8. The van der Waals surface area contributed by atoms with Gasteiger partial charge in [0.15, 0.2) is 0 Å². The van der Waals surface area contributed by atoms with Crippen molar-refractivity contribution in [2.45, 2.75) is 18.9 Å². The number of nitrogens with zero attached hydrogens (tertiary/aromatic N) is 5. The average molecular weight is 322 g/mol. The van der Waals surface area contributed by atoms with Crippen LogP contribution >= 0.6 is 0 Å². The van der Waals surface area contributed by atoms with E-state index in [4.69, 9.17) is 10.3 Å². The highest BCUT2D eigenvalue weighted by molar-refractivity contribution is 5.71. The summed E-state index contributed by atoms with van der Waals surface area (Å²) in [6.45, 7) is 1.72. The average Bonchev–Trinajstić information content (AvgIpc) is 3.12. The van der Waals surface area contributed by atoms with Gasteiger partial charge >= 0.3 is 0 Å². The van der Waals surface area contributed by atoms with Crippen LogP contribution in [0.2, 0.25) is 0 Å². The zero-order valence-electron chi connectivity index (χ0n) is 13.2. The molecule has 1 aliphatic rings. The Hall–Kier alpha value is -2.80. The first kappa shape index (κ1) is 14.8. The van der Waals surface area contributed by atoms with Gasteiger partial charge in [-0.1, -0.05) is 5.16 Å². The number of hydrogen-bond acceptors (Lipinski definition) is 7. The van der Waals surface area contributed by atoms with E-state index >= 15 is 0 Å². The second-order valence-electron chi connectivity index (χ2n) is 5.89. The SMILES string of the molecule is NC1CCCN(c2ncccc2-c2nc(-c3cccnc3)no2)C1. The molecule has 4 rings (SSSR count). The van der Waals surface area contributed by atoms with Crippen molar-refractivity contribution in [1.82, 2.24) is 20.1 Å². The molecule has 7 nitrogen and oxygen atoms in total. The van der Waals surface area contributed by atoms with Gasteiger partial charge in [-0.2, -0.15) is 4.98 Å². The molecule has 0 bridgehead atoms. The van der Waals surface area contributed by atoms with Crippen molar-refractivity contribution in [2.75, 3.05) is 18.0 Å². The first-order valence-corrected chi connectivity index (χ1v) is 8.01. The van der Waals surface area contributed by atoms with E-state index in [1.807, 2.05) is 24.3 Å². The number of hydrogen-bond donors (Lipinski definition) is 1. The van der Waals surface area contributed by atoms with Crippen LogP contribution in [0.25, 0.3) is 22.8 Å². The summed E-state index contributed by atoms with van der Waals surface area (Å²) in [5.74, 6) is 1.81. The molecule has 0 aliphatic carbocycles. The van der Waals surface area contributed by atoms with E-state index in [1.54, 1.807) is 18.6 Å². The number of nitrogens with two attached hydrogens (primary N) is 1. The molecule has 1 fully saturated rings. The van der Waals surface area contributed by atoms with Gasteiger partial charge in [0.05, 0.1) is 5.56 Å². The topological polar surface area (TPSA) is 94.0 Å². The van der Waals surface area contributed by atoms with Crippen LogP contribution in [-0.4, -0.2) is 39.2 Å². The van der Waals surface area contributed by atoms with Crippen LogP contribution in [0.5, 0.6) is 0 Å². The third kappa shape index (κ3) is 2.85. The molecule has 4 heterocycles. The number of pyridine rings is 2. The van der Waals surface area contributed by atoms with Gasteiger partial charge in [-0.3, -0.25) is 4.98 Å². The molecule has 3 aromatic rings. The van der Waals surface area contributed by atoms with Crippen molar-refractivity contribution < 1.29 is 4.52 Å². The van der Waals surface area contributed by atoms with Crippen LogP contribution in [0.3, 0.4) is 0 Å². The quantitative estimate of drug-likeness (QED) is 0.789. The number of piperidine rings is 1. The van der Waals surface area contributed by atoms with E-state index < -0.39 is 0 Å². The molecule has 0 amide bonds. The fraction of sp³-hybridized carbons (Fsp3) is 0.294. The van der Waals surface area contributed by atoms with Crippen LogP contribution in [0, 0.1) is 0 Å². The van der Waals surface area contributed by atoms with Crippen molar-refractivity contribution in [3.05, 3.63) is 42.9 Å². The number of rotatable bonds is 3. The summed E-state index contributed by atoms with van der Waals surface area (Å²) in [4.78, 5) is 15.3. The molecule has 1 aliphatic heterocycles. The Labute approximate surface area is 139 Å². The largest absolute Gasteiger partial charge is 0.354 e. The van der Waals surface area contributed by atoms with E-state index in [-0.39, 0.29) is 6.04 Å². The predicted molar refractivity (Wildman–Crippen MR) is 90.2 cm³/mol. The van der Waals surface area contributed by atoms with Crippen molar-refractivity contribution in [3.63, 3.8) is 0 Å². The molecule has 7 heteroatoms. The Morgan fingerprint density at radius 2 is 2.12 bits per heavy atom. The fourth-order valence-corrected chi connectivity index (χ4v) is 2.96. The van der Waals surface area contributed by atoms with Crippen LogP contribution in [0.15, 0.2) is 47.4 Å². The number of anilines is 1. The molecule has 3 aromatic heterocycles. The highest BCUT2D eigenvalue weighted by Crippen LogP contribution is 2.30. The molecule has 24 heavy (non-hydrogen) atoms. The molecule has 0 radical (unpaired) electrons. The summed E-state index contributed by atoms with van der Waals surface area (Å²) < 4.78 is 5.48. The third-order valence-electron chi connectivity index (χ3n) is 4.12. The van der Waals surface area contributed by atoms with Gasteiger partial charge in [-0.25, -0.2) is 4.98 Å². The lowest BCUT2D eigenvalue weighted by molar-refractivity contribution is 0.431. The summed E-state index contributed by atoms with van der Waals surface area (Å²) in [5, 5.41) is 4.07. The standard InChI is InChI=1S/C17H18N6O/c18-13-5-3-9-23(11-13)16-14(6-2-8-20-16)17-21-15(22-24-17)12-4-1-7-19-10-12/h1-2,4,6-8,10,13H,3,5,9,11,18H2. The molecule has 2 N–H and O–H groups in total. The highest BCUT2D eigenvalue weighted by atomic mass is 16.5. The minimum atomic E-state index is 0.169. The van der Waals surface area contributed by atoms with Crippen LogP contribution in [0.4, 0.5) is 5.82 Å². The van der Waals surface area contributed by atoms with Gasteiger partial charge in [-0.15, -0.1) is 0 Å². The lowest BCUT2D eigenvalue weighted by Gasteiger charge is -2.32. The Kier molecular flexibility index (Phi) is 3.92. The van der Waals surface area contributed by atoms with Crippen molar-refractivity contribution >= 4 is 5.82 Å². The molecular formula is C17H18N6O. The van der Waals surface area contributed by atoms with Gasteiger partial charge in [-0.05, 0) is 37.1 Å². The van der Waals surface area contributed by atoms with Gasteiger partial charge in [0.1, 0.15) is 5.82 Å². The van der Waals surface area contributed by atoms with E-state index in [1.165, 1.54) is 0 Å². The Balaban J connectivity index is 1.69.